The van der Waals surface area contributed by atoms with Crippen LogP contribution in [0, 0.1) is 0 Å². The van der Waals surface area contributed by atoms with Crippen LogP contribution in [-0.4, -0.2) is 53.7 Å². The molecule has 0 saturated carbocycles. The van der Waals surface area contributed by atoms with Crippen molar-refractivity contribution in [3.8, 4) is 11.5 Å². The Bertz CT molecular complexity index is 346. The highest BCUT2D eigenvalue weighted by Gasteiger charge is 1.96. The van der Waals surface area contributed by atoms with Crippen LogP contribution in [-0.2, 0) is 9.47 Å². The SMILES string of the molecule is COCCCNCCOCCOc1cccc(OC)c1. The molecular weight excluding hydrogens is 258 g/mol. The smallest absolute Gasteiger partial charge is 0.123 e. The lowest BCUT2D eigenvalue weighted by atomic mass is 10.3. The quantitative estimate of drug-likeness (QED) is 0.592. The van der Waals surface area contributed by atoms with E-state index >= 15 is 0 Å². The molecule has 1 N–H and O–H groups in total. The van der Waals surface area contributed by atoms with Gasteiger partial charge in [-0.05, 0) is 25.1 Å². The fraction of sp³-hybridized carbons (Fsp3) is 0.600. The van der Waals surface area contributed by atoms with Gasteiger partial charge in [0.2, 0.25) is 0 Å². The summed E-state index contributed by atoms with van der Waals surface area (Å²) in [6, 6.07) is 7.55. The summed E-state index contributed by atoms with van der Waals surface area (Å²) < 4.78 is 21.1. The van der Waals surface area contributed by atoms with Crippen LogP contribution in [0.5, 0.6) is 11.5 Å². The summed E-state index contributed by atoms with van der Waals surface area (Å²) in [7, 11) is 3.35. The molecule has 0 aliphatic rings. The molecule has 5 nitrogen and oxygen atoms in total. The number of methoxy groups -OCH3 is 2. The molecule has 0 spiro atoms. The van der Waals surface area contributed by atoms with Gasteiger partial charge >= 0.3 is 0 Å². The molecule has 0 bridgehead atoms. The number of nitrogens with one attached hydrogen (secondary N) is 1. The summed E-state index contributed by atoms with van der Waals surface area (Å²) in [5, 5.41) is 3.28. The van der Waals surface area contributed by atoms with Crippen molar-refractivity contribution in [2.75, 3.05) is 53.7 Å². The third-order valence-electron chi connectivity index (χ3n) is 2.66. The molecular formula is C15H25NO4. The number of hydrogen-bond acceptors (Lipinski definition) is 5. The highest BCUT2D eigenvalue weighted by Crippen LogP contribution is 2.18. The number of ether oxygens (including phenoxy) is 4. The van der Waals surface area contributed by atoms with Crippen molar-refractivity contribution in [1.82, 2.24) is 5.32 Å². The first kappa shape index (κ1) is 16.8. The molecule has 1 aromatic rings. The van der Waals surface area contributed by atoms with Gasteiger partial charge in [0.1, 0.15) is 18.1 Å². The number of benzene rings is 1. The average Bonchev–Trinajstić information content (AvgIpc) is 2.49. The molecule has 5 heteroatoms. The van der Waals surface area contributed by atoms with Gasteiger partial charge in [-0.3, -0.25) is 0 Å². The van der Waals surface area contributed by atoms with Gasteiger partial charge in [0.15, 0.2) is 0 Å². The molecule has 1 aromatic carbocycles. The van der Waals surface area contributed by atoms with Crippen molar-refractivity contribution in [3.63, 3.8) is 0 Å². The van der Waals surface area contributed by atoms with Gasteiger partial charge in [0, 0.05) is 26.3 Å². The van der Waals surface area contributed by atoms with E-state index in [1.165, 1.54) is 0 Å². The lowest BCUT2D eigenvalue weighted by Gasteiger charge is -2.09. The van der Waals surface area contributed by atoms with E-state index in [1.807, 2.05) is 24.3 Å². The lowest BCUT2D eigenvalue weighted by molar-refractivity contribution is 0.101. The van der Waals surface area contributed by atoms with Crippen molar-refractivity contribution < 1.29 is 18.9 Å². The number of hydrogen-bond donors (Lipinski definition) is 1. The minimum absolute atomic E-state index is 0.539. The largest absolute Gasteiger partial charge is 0.497 e. The van der Waals surface area contributed by atoms with E-state index in [0.717, 1.165) is 37.6 Å². The van der Waals surface area contributed by atoms with Crippen molar-refractivity contribution in [3.05, 3.63) is 24.3 Å². The number of rotatable bonds is 12. The van der Waals surface area contributed by atoms with Gasteiger partial charge in [-0.1, -0.05) is 6.07 Å². The van der Waals surface area contributed by atoms with Gasteiger partial charge in [-0.15, -0.1) is 0 Å². The summed E-state index contributed by atoms with van der Waals surface area (Å²) in [4.78, 5) is 0. The Morgan fingerprint density at radius 2 is 1.80 bits per heavy atom. The van der Waals surface area contributed by atoms with E-state index in [1.54, 1.807) is 14.2 Å². The zero-order valence-electron chi connectivity index (χ0n) is 12.4. The Morgan fingerprint density at radius 1 is 0.950 bits per heavy atom. The van der Waals surface area contributed by atoms with Gasteiger partial charge in [-0.25, -0.2) is 0 Å². The normalized spacial score (nSPS) is 10.5. The first-order chi connectivity index (χ1) is 9.86. The first-order valence-corrected chi connectivity index (χ1v) is 6.91. The molecule has 0 aliphatic carbocycles. The van der Waals surface area contributed by atoms with Gasteiger partial charge in [0.25, 0.3) is 0 Å². The molecule has 1 rings (SSSR count). The Balaban J connectivity index is 1.94. The Labute approximate surface area is 121 Å². The van der Waals surface area contributed by atoms with E-state index in [4.69, 9.17) is 18.9 Å². The van der Waals surface area contributed by atoms with E-state index < -0.39 is 0 Å². The monoisotopic (exact) mass is 283 g/mol. The molecule has 0 heterocycles. The highest BCUT2D eigenvalue weighted by molar-refractivity contribution is 5.32. The fourth-order valence-electron chi connectivity index (χ4n) is 1.62. The van der Waals surface area contributed by atoms with Crippen LogP contribution in [0.2, 0.25) is 0 Å². The molecule has 0 fully saturated rings. The second kappa shape index (κ2) is 11.5. The maximum atomic E-state index is 5.57. The van der Waals surface area contributed by atoms with Gasteiger partial charge < -0.3 is 24.3 Å². The average molecular weight is 283 g/mol. The van der Waals surface area contributed by atoms with Crippen LogP contribution in [0.25, 0.3) is 0 Å². The van der Waals surface area contributed by atoms with E-state index in [0.29, 0.717) is 19.8 Å². The van der Waals surface area contributed by atoms with Crippen molar-refractivity contribution in [1.29, 1.82) is 0 Å². The molecule has 0 aromatic heterocycles. The van der Waals surface area contributed by atoms with Crippen LogP contribution < -0.4 is 14.8 Å². The predicted octanol–water partition coefficient (Wildman–Crippen LogP) is 1.72. The van der Waals surface area contributed by atoms with E-state index in [2.05, 4.69) is 5.32 Å². The maximum Gasteiger partial charge on any atom is 0.123 e. The second-order valence-corrected chi connectivity index (χ2v) is 4.24. The lowest BCUT2D eigenvalue weighted by Crippen LogP contribution is -2.22. The zero-order chi connectivity index (χ0) is 14.5. The van der Waals surface area contributed by atoms with Crippen LogP contribution in [0.3, 0.4) is 0 Å². The van der Waals surface area contributed by atoms with E-state index in [-0.39, 0.29) is 0 Å². The minimum atomic E-state index is 0.539. The highest BCUT2D eigenvalue weighted by atomic mass is 16.5. The van der Waals surface area contributed by atoms with Gasteiger partial charge in [0.05, 0.1) is 20.3 Å². The summed E-state index contributed by atoms with van der Waals surface area (Å²) in [6.07, 6.45) is 1.02. The Hall–Kier alpha value is -1.30. The molecule has 0 atom stereocenters. The predicted molar refractivity (Wildman–Crippen MR) is 78.7 cm³/mol. The van der Waals surface area contributed by atoms with Crippen molar-refractivity contribution in [2.24, 2.45) is 0 Å². The fourth-order valence-corrected chi connectivity index (χ4v) is 1.62. The topological polar surface area (TPSA) is 49.0 Å². The zero-order valence-corrected chi connectivity index (χ0v) is 12.4. The van der Waals surface area contributed by atoms with Crippen molar-refractivity contribution >= 4 is 0 Å². The molecule has 0 amide bonds. The molecule has 0 radical (unpaired) electrons. The Kier molecular flexibility index (Phi) is 9.65. The third kappa shape index (κ3) is 7.99. The van der Waals surface area contributed by atoms with Crippen LogP contribution in [0.4, 0.5) is 0 Å². The summed E-state index contributed by atoms with van der Waals surface area (Å²) >= 11 is 0. The van der Waals surface area contributed by atoms with Crippen LogP contribution >= 0.6 is 0 Å². The van der Waals surface area contributed by atoms with Crippen LogP contribution in [0.1, 0.15) is 6.42 Å². The second-order valence-electron chi connectivity index (χ2n) is 4.24. The summed E-state index contributed by atoms with van der Waals surface area (Å²) in [5.74, 6) is 1.59. The first-order valence-electron chi connectivity index (χ1n) is 6.91. The van der Waals surface area contributed by atoms with Crippen LogP contribution in [0.15, 0.2) is 24.3 Å². The third-order valence-corrected chi connectivity index (χ3v) is 2.66. The maximum absolute atomic E-state index is 5.57. The summed E-state index contributed by atoms with van der Waals surface area (Å²) in [5.41, 5.74) is 0. The molecule has 114 valence electrons. The van der Waals surface area contributed by atoms with Crippen molar-refractivity contribution in [2.45, 2.75) is 6.42 Å². The van der Waals surface area contributed by atoms with Gasteiger partial charge in [-0.2, -0.15) is 0 Å². The molecule has 20 heavy (non-hydrogen) atoms. The van der Waals surface area contributed by atoms with E-state index in [9.17, 15) is 0 Å². The molecule has 0 saturated heterocycles. The summed E-state index contributed by atoms with van der Waals surface area (Å²) in [6.45, 7) is 4.41. The minimum Gasteiger partial charge on any atom is -0.497 e. The standard InChI is InChI=1S/C15H25NO4/c1-17-9-4-7-16-8-10-19-11-12-20-15-6-3-5-14(13-15)18-2/h3,5-6,13,16H,4,7-12H2,1-2H3. The molecule has 0 unspecified atom stereocenters. The molecule has 0 aliphatic heterocycles. The Morgan fingerprint density at radius 3 is 2.60 bits per heavy atom.